The average molecular weight is 383 g/mol. The van der Waals surface area contributed by atoms with Crippen molar-refractivity contribution in [1.82, 2.24) is 10.3 Å². The van der Waals surface area contributed by atoms with E-state index in [-0.39, 0.29) is 5.91 Å². The summed E-state index contributed by atoms with van der Waals surface area (Å²) in [7, 11) is 0. The van der Waals surface area contributed by atoms with E-state index in [1.165, 1.54) is 23.4 Å². The van der Waals surface area contributed by atoms with E-state index in [1.807, 2.05) is 11.3 Å². The monoisotopic (exact) mass is 382 g/mol. The second-order valence-corrected chi connectivity index (χ2v) is 8.18. The maximum atomic E-state index is 12.3. The Labute approximate surface area is 154 Å². The number of hydrogen-bond donors (Lipinski definition) is 1. The molecule has 1 amide bonds. The minimum atomic E-state index is -2.45. The van der Waals surface area contributed by atoms with Crippen LogP contribution >= 0.6 is 23.1 Å². The first kappa shape index (κ1) is 18.3. The summed E-state index contributed by atoms with van der Waals surface area (Å²) in [5, 5.41) is 4.04. The van der Waals surface area contributed by atoms with Crippen molar-refractivity contribution in [2.45, 2.75) is 49.2 Å². The van der Waals surface area contributed by atoms with Crippen LogP contribution in [-0.2, 0) is 19.3 Å². The number of nitrogens with one attached hydrogen (secondary N) is 1. The molecule has 0 spiro atoms. The number of hydrogen-bond acceptors (Lipinski definition) is 4. The molecule has 1 aromatic heterocycles. The van der Waals surface area contributed by atoms with E-state index < -0.39 is 5.76 Å². The first-order chi connectivity index (χ1) is 12.1. The van der Waals surface area contributed by atoms with Crippen LogP contribution < -0.4 is 5.32 Å². The van der Waals surface area contributed by atoms with Gasteiger partial charge in [-0.05, 0) is 56.4 Å². The minimum Gasteiger partial charge on any atom is -0.352 e. The molecule has 0 fully saturated rings. The fourth-order valence-electron chi connectivity index (χ4n) is 2.84. The molecular formula is C18H20F2N2OS2. The van der Waals surface area contributed by atoms with E-state index in [2.05, 4.69) is 5.32 Å². The Kier molecular flexibility index (Phi) is 6.42. The van der Waals surface area contributed by atoms with Crippen LogP contribution in [0.4, 0.5) is 8.78 Å². The number of thiazole rings is 1. The first-order valence-electron chi connectivity index (χ1n) is 8.42. The molecule has 0 aliphatic heterocycles. The summed E-state index contributed by atoms with van der Waals surface area (Å²) in [5.41, 5.74) is 1.76. The summed E-state index contributed by atoms with van der Waals surface area (Å²) in [6, 6.07) is 6.25. The molecule has 0 bridgehead atoms. The lowest BCUT2D eigenvalue weighted by Gasteiger charge is -2.06. The Bertz CT molecular complexity index is 693. The van der Waals surface area contributed by atoms with Crippen LogP contribution in [0, 0.1) is 0 Å². The lowest BCUT2D eigenvalue weighted by Crippen LogP contribution is -2.24. The summed E-state index contributed by atoms with van der Waals surface area (Å²) in [4.78, 5) is 18.7. The molecule has 3 rings (SSSR count). The van der Waals surface area contributed by atoms with Crippen molar-refractivity contribution in [3.05, 3.63) is 45.4 Å². The maximum Gasteiger partial charge on any atom is 0.288 e. The van der Waals surface area contributed by atoms with Gasteiger partial charge in [-0.15, -0.1) is 11.3 Å². The zero-order valence-electron chi connectivity index (χ0n) is 13.8. The molecule has 3 nitrogen and oxygen atoms in total. The van der Waals surface area contributed by atoms with Gasteiger partial charge in [-0.25, -0.2) is 4.98 Å². The lowest BCUT2D eigenvalue weighted by atomic mass is 10.0. The number of nitrogens with zero attached hydrogens (tertiary/aromatic N) is 1. The zero-order valence-corrected chi connectivity index (χ0v) is 15.4. The fourth-order valence-corrected chi connectivity index (χ4v) is 4.54. The van der Waals surface area contributed by atoms with Gasteiger partial charge >= 0.3 is 0 Å². The number of halogens is 2. The number of rotatable bonds is 7. The number of aromatic nitrogens is 1. The number of amides is 1. The van der Waals surface area contributed by atoms with Gasteiger partial charge in [0.15, 0.2) is 0 Å². The van der Waals surface area contributed by atoms with Crippen molar-refractivity contribution in [2.75, 3.05) is 6.54 Å². The van der Waals surface area contributed by atoms with E-state index in [0.717, 1.165) is 30.7 Å². The second-order valence-electron chi connectivity index (χ2n) is 5.95. The molecule has 0 saturated carbocycles. The largest absolute Gasteiger partial charge is 0.352 e. The van der Waals surface area contributed by atoms with Gasteiger partial charge in [0.25, 0.3) is 11.7 Å². The third-order valence-electron chi connectivity index (χ3n) is 4.08. The van der Waals surface area contributed by atoms with Crippen molar-refractivity contribution in [1.29, 1.82) is 0 Å². The number of aryl methyl sites for hydroxylation is 3. The Hall–Kier alpha value is -1.47. The molecule has 1 heterocycles. The highest BCUT2D eigenvalue weighted by atomic mass is 32.2. The normalized spacial score (nSPS) is 13.7. The highest BCUT2D eigenvalue weighted by Crippen LogP contribution is 2.27. The van der Waals surface area contributed by atoms with Gasteiger partial charge < -0.3 is 5.32 Å². The van der Waals surface area contributed by atoms with Gasteiger partial charge in [-0.1, -0.05) is 11.8 Å². The maximum absolute atomic E-state index is 12.3. The number of benzene rings is 1. The van der Waals surface area contributed by atoms with Crippen LogP contribution in [0.5, 0.6) is 0 Å². The fraction of sp³-hybridized carbons (Fsp3) is 0.444. The topological polar surface area (TPSA) is 42.0 Å². The van der Waals surface area contributed by atoms with Gasteiger partial charge in [0.05, 0.1) is 10.7 Å². The second kappa shape index (κ2) is 8.76. The predicted octanol–water partition coefficient (Wildman–Crippen LogP) is 4.70. The summed E-state index contributed by atoms with van der Waals surface area (Å²) in [6.45, 7) is 0.580. The van der Waals surface area contributed by atoms with Crippen LogP contribution in [0.15, 0.2) is 29.2 Å². The molecular weight excluding hydrogens is 362 g/mol. The SMILES string of the molecule is O=C(NCCCc1nc2c(s1)CCCC2)c1ccc(SC(F)F)cc1. The van der Waals surface area contributed by atoms with E-state index in [4.69, 9.17) is 4.98 Å². The number of carbonyl (C=O) groups excluding carboxylic acids is 1. The standard InChI is InChI=1S/C18H20F2N2OS2/c19-18(20)24-13-9-7-12(8-10-13)17(23)21-11-3-6-16-22-14-4-1-2-5-15(14)25-16/h7-10,18H,1-6,11H2,(H,21,23). The van der Waals surface area contributed by atoms with Crippen LogP contribution in [-0.4, -0.2) is 23.2 Å². The van der Waals surface area contributed by atoms with Crippen LogP contribution in [0.1, 0.15) is 45.2 Å². The molecule has 0 atom stereocenters. The Balaban J connectivity index is 1.42. The Morgan fingerprint density at radius 3 is 2.72 bits per heavy atom. The van der Waals surface area contributed by atoms with Gasteiger partial charge in [0.2, 0.25) is 0 Å². The third-order valence-corrected chi connectivity index (χ3v) is 6.02. The summed E-state index contributed by atoms with van der Waals surface area (Å²) < 4.78 is 24.6. The van der Waals surface area contributed by atoms with Gasteiger partial charge in [0.1, 0.15) is 0 Å². The molecule has 134 valence electrons. The number of fused-ring (bicyclic) bond motifs is 1. The average Bonchev–Trinajstić information content (AvgIpc) is 3.01. The smallest absolute Gasteiger partial charge is 0.288 e. The van der Waals surface area contributed by atoms with E-state index in [0.29, 0.717) is 28.8 Å². The van der Waals surface area contributed by atoms with Gasteiger partial charge in [0, 0.05) is 28.3 Å². The third kappa shape index (κ3) is 5.25. The summed E-state index contributed by atoms with van der Waals surface area (Å²) in [5.74, 6) is -2.62. The highest BCUT2D eigenvalue weighted by molar-refractivity contribution is 7.99. The zero-order chi connectivity index (χ0) is 17.6. The molecule has 1 aromatic carbocycles. The molecule has 0 radical (unpaired) electrons. The van der Waals surface area contributed by atoms with Crippen molar-refractivity contribution < 1.29 is 13.6 Å². The van der Waals surface area contributed by atoms with Crippen molar-refractivity contribution in [3.63, 3.8) is 0 Å². The number of alkyl halides is 2. The van der Waals surface area contributed by atoms with E-state index in [1.54, 1.807) is 24.3 Å². The molecule has 0 unspecified atom stereocenters. The molecule has 1 N–H and O–H groups in total. The van der Waals surface area contributed by atoms with Crippen molar-refractivity contribution in [2.24, 2.45) is 0 Å². The number of carbonyl (C=O) groups is 1. The predicted molar refractivity (Wildman–Crippen MR) is 97.7 cm³/mol. The lowest BCUT2D eigenvalue weighted by molar-refractivity contribution is 0.0953. The van der Waals surface area contributed by atoms with Gasteiger partial charge in [-0.2, -0.15) is 8.78 Å². The van der Waals surface area contributed by atoms with E-state index >= 15 is 0 Å². The summed E-state index contributed by atoms with van der Waals surface area (Å²) >= 11 is 2.29. The van der Waals surface area contributed by atoms with Crippen molar-refractivity contribution in [3.8, 4) is 0 Å². The Morgan fingerprint density at radius 1 is 1.24 bits per heavy atom. The molecule has 1 aliphatic rings. The minimum absolute atomic E-state index is 0.174. The summed E-state index contributed by atoms with van der Waals surface area (Å²) in [6.07, 6.45) is 6.48. The van der Waals surface area contributed by atoms with Crippen LogP contribution in [0.2, 0.25) is 0 Å². The first-order valence-corrected chi connectivity index (χ1v) is 10.1. The van der Waals surface area contributed by atoms with Crippen LogP contribution in [0.3, 0.4) is 0 Å². The quantitative estimate of drug-likeness (QED) is 0.557. The van der Waals surface area contributed by atoms with Crippen molar-refractivity contribution >= 4 is 29.0 Å². The Morgan fingerprint density at radius 2 is 2.00 bits per heavy atom. The molecule has 7 heteroatoms. The molecule has 0 saturated heterocycles. The molecule has 1 aliphatic carbocycles. The van der Waals surface area contributed by atoms with Crippen LogP contribution in [0.25, 0.3) is 0 Å². The molecule has 25 heavy (non-hydrogen) atoms. The highest BCUT2D eigenvalue weighted by Gasteiger charge is 2.15. The van der Waals surface area contributed by atoms with E-state index in [9.17, 15) is 13.6 Å². The van der Waals surface area contributed by atoms with Gasteiger partial charge in [-0.3, -0.25) is 4.79 Å². The number of thioether (sulfide) groups is 1. The molecule has 2 aromatic rings.